The molecule has 0 aliphatic heterocycles. The summed E-state index contributed by atoms with van der Waals surface area (Å²) in [6, 6.07) is 2.64. The van der Waals surface area contributed by atoms with Crippen LogP contribution in [0.3, 0.4) is 0 Å². The molecule has 0 aliphatic carbocycles. The molecule has 3 N–H and O–H groups in total. The first kappa shape index (κ1) is 22.6. The van der Waals surface area contributed by atoms with Crippen molar-refractivity contribution in [2.24, 2.45) is 5.73 Å². The lowest BCUT2D eigenvalue weighted by molar-refractivity contribution is -0.0563. The largest absolute Gasteiger partial charge is 0.357 e. The Morgan fingerprint density at radius 3 is 2.14 bits per heavy atom. The Balaban J connectivity index is 2.79. The van der Waals surface area contributed by atoms with Gasteiger partial charge in [-0.3, -0.25) is 4.79 Å². The van der Waals surface area contributed by atoms with Crippen molar-refractivity contribution < 1.29 is 35.9 Å². The molecule has 2 aromatic carbocycles. The zero-order chi connectivity index (χ0) is 22.1. The van der Waals surface area contributed by atoms with Crippen LogP contribution in [-0.4, -0.2) is 23.5 Å². The van der Waals surface area contributed by atoms with Crippen molar-refractivity contribution in [1.29, 1.82) is 0 Å². The number of primary amides is 1. The number of carbonyl (C=O) groups is 2. The summed E-state index contributed by atoms with van der Waals surface area (Å²) >= 11 is -0.609. The number of hydrogen-bond acceptors (Lipinski definition) is 3. The second-order valence-electron chi connectivity index (χ2n) is 5.95. The van der Waals surface area contributed by atoms with Crippen LogP contribution in [0.2, 0.25) is 0 Å². The molecule has 4 nitrogen and oxygen atoms in total. The number of thioether (sulfide) groups is 1. The lowest BCUT2D eigenvalue weighted by Crippen LogP contribution is -2.24. The number of hydrogen-bond donors (Lipinski definition) is 2. The van der Waals surface area contributed by atoms with E-state index in [-0.39, 0.29) is 16.8 Å². The number of anilines is 1. The molecule has 2 amide bonds. The Bertz CT molecular complexity index is 961. The van der Waals surface area contributed by atoms with Gasteiger partial charge in [0.1, 0.15) is 11.6 Å². The number of amides is 2. The Morgan fingerprint density at radius 1 is 1.10 bits per heavy atom. The maximum atomic E-state index is 14.1. The van der Waals surface area contributed by atoms with E-state index in [1.165, 1.54) is 13.8 Å². The van der Waals surface area contributed by atoms with E-state index < -0.39 is 62.9 Å². The second-order valence-corrected chi connectivity index (χ2v) is 7.11. The molecule has 0 radical (unpaired) electrons. The van der Waals surface area contributed by atoms with E-state index in [0.717, 1.165) is 24.3 Å². The van der Waals surface area contributed by atoms with Crippen LogP contribution in [-0.2, 0) is 0 Å². The molecule has 29 heavy (non-hydrogen) atoms. The van der Waals surface area contributed by atoms with Gasteiger partial charge in [-0.25, -0.2) is 22.4 Å². The Morgan fingerprint density at radius 2 is 1.66 bits per heavy atom. The van der Waals surface area contributed by atoms with Gasteiger partial charge in [0.05, 0.1) is 5.56 Å². The van der Waals surface area contributed by atoms with Crippen molar-refractivity contribution in [2.45, 2.75) is 30.4 Å². The van der Waals surface area contributed by atoms with Crippen LogP contribution in [0, 0.1) is 25.5 Å². The molecule has 11 heteroatoms. The number of nitrogens with two attached hydrogens (primary N) is 1. The zero-order valence-corrected chi connectivity index (χ0v) is 15.8. The first-order valence-electron chi connectivity index (χ1n) is 7.91. The lowest BCUT2D eigenvalue weighted by Gasteiger charge is -2.22. The predicted octanol–water partition coefficient (Wildman–Crippen LogP) is 5.25. The van der Waals surface area contributed by atoms with Crippen LogP contribution in [0.15, 0.2) is 29.2 Å². The van der Waals surface area contributed by atoms with Crippen molar-refractivity contribution in [3.8, 4) is 0 Å². The summed E-state index contributed by atoms with van der Waals surface area (Å²) in [4.78, 5) is 23.5. The van der Waals surface area contributed by atoms with Crippen molar-refractivity contribution in [2.75, 3.05) is 5.32 Å². The minimum Gasteiger partial charge on any atom is -0.351 e. The van der Waals surface area contributed by atoms with Gasteiger partial charge in [-0.15, -0.1) is 0 Å². The Hall–Kier alpha value is -2.69. The van der Waals surface area contributed by atoms with Gasteiger partial charge in [-0.2, -0.15) is 8.78 Å². The number of rotatable bonds is 6. The number of alkyl halides is 4. The molecule has 0 saturated carbocycles. The van der Waals surface area contributed by atoms with Crippen molar-refractivity contribution in [3.63, 3.8) is 0 Å². The fourth-order valence-corrected chi connectivity index (χ4v) is 3.51. The van der Waals surface area contributed by atoms with Crippen LogP contribution < -0.4 is 11.1 Å². The third kappa shape index (κ3) is 4.66. The maximum Gasteiger partial charge on any atom is 0.357 e. The fourth-order valence-electron chi connectivity index (χ4n) is 2.58. The summed E-state index contributed by atoms with van der Waals surface area (Å²) in [5, 5.41) is -2.43. The zero-order valence-electron chi connectivity index (χ0n) is 15.0. The van der Waals surface area contributed by atoms with E-state index in [1.54, 1.807) is 0 Å². The van der Waals surface area contributed by atoms with Crippen molar-refractivity contribution >= 4 is 29.3 Å². The van der Waals surface area contributed by atoms with E-state index in [1.807, 2.05) is 0 Å². The van der Waals surface area contributed by atoms with Gasteiger partial charge in [-0.1, -0.05) is 6.07 Å². The number of carbonyl (C=O) groups excluding carboxylic acids is 2. The summed E-state index contributed by atoms with van der Waals surface area (Å²) in [6.07, 6.45) is -4.07. The molecular formula is C18H14F6N2O2S. The summed E-state index contributed by atoms with van der Waals surface area (Å²) in [7, 11) is 0. The molecule has 0 spiro atoms. The maximum absolute atomic E-state index is 14.1. The van der Waals surface area contributed by atoms with Gasteiger partial charge in [0, 0.05) is 16.1 Å². The third-order valence-corrected chi connectivity index (χ3v) is 5.07. The van der Waals surface area contributed by atoms with Gasteiger partial charge in [-0.05, 0) is 54.9 Å². The SMILES string of the molecule is Cc1cc(NC(N)=O)c(C)c(C(=O)c2c(F)cccc2F)c1SC(F)(F)C(F)F. The molecule has 0 aliphatic rings. The number of ketones is 1. The molecule has 0 aromatic heterocycles. The normalized spacial score (nSPS) is 11.6. The summed E-state index contributed by atoms with van der Waals surface area (Å²) in [5.74, 6) is -3.88. The quantitative estimate of drug-likeness (QED) is 0.369. The topological polar surface area (TPSA) is 72.2 Å². The van der Waals surface area contributed by atoms with Crippen molar-refractivity contribution in [1.82, 2.24) is 0 Å². The number of benzene rings is 2. The first-order chi connectivity index (χ1) is 13.4. The molecule has 0 fully saturated rings. The molecular weight excluding hydrogens is 422 g/mol. The van der Waals surface area contributed by atoms with Crippen molar-refractivity contribution in [3.05, 3.63) is 58.2 Å². The van der Waals surface area contributed by atoms with E-state index >= 15 is 0 Å². The average Bonchev–Trinajstić information content (AvgIpc) is 2.58. The van der Waals surface area contributed by atoms with Crippen LogP contribution in [0.1, 0.15) is 27.0 Å². The molecule has 0 saturated heterocycles. The summed E-state index contributed by atoms with van der Waals surface area (Å²) in [5.41, 5.74) is 2.96. The van der Waals surface area contributed by atoms with E-state index in [4.69, 9.17) is 5.73 Å². The number of nitrogens with one attached hydrogen (secondary N) is 1. The molecule has 0 unspecified atom stereocenters. The highest BCUT2D eigenvalue weighted by atomic mass is 32.2. The van der Waals surface area contributed by atoms with Crippen LogP contribution >= 0.6 is 11.8 Å². The second kappa shape index (κ2) is 8.36. The fraction of sp³-hybridized carbons (Fsp3) is 0.222. The van der Waals surface area contributed by atoms with E-state index in [9.17, 15) is 35.9 Å². The summed E-state index contributed by atoms with van der Waals surface area (Å²) < 4.78 is 81.1. The molecule has 2 rings (SSSR count). The van der Waals surface area contributed by atoms with Crippen LogP contribution in [0.5, 0.6) is 0 Å². The van der Waals surface area contributed by atoms with Gasteiger partial charge in [0.25, 0.3) is 0 Å². The highest BCUT2D eigenvalue weighted by molar-refractivity contribution is 8.00. The average molecular weight is 436 g/mol. The van der Waals surface area contributed by atoms with Gasteiger partial charge in [0.15, 0.2) is 5.78 Å². The van der Waals surface area contributed by atoms with Gasteiger partial charge in [0.2, 0.25) is 0 Å². The molecule has 156 valence electrons. The Labute approximate surface area is 165 Å². The number of halogens is 6. The summed E-state index contributed by atoms with van der Waals surface area (Å²) in [6.45, 7) is 2.41. The van der Waals surface area contributed by atoms with E-state index in [0.29, 0.717) is 0 Å². The van der Waals surface area contributed by atoms with Crippen LogP contribution in [0.25, 0.3) is 0 Å². The molecule has 2 aromatic rings. The molecule has 0 heterocycles. The number of urea groups is 1. The highest BCUT2D eigenvalue weighted by Crippen LogP contribution is 2.45. The minimum absolute atomic E-state index is 0.0974. The van der Waals surface area contributed by atoms with Crippen LogP contribution in [0.4, 0.5) is 36.8 Å². The lowest BCUT2D eigenvalue weighted by atomic mass is 9.95. The standard InChI is InChI=1S/C18H14F6N2O2S/c1-7-6-11(26-17(25)28)8(2)12(15(7)29-18(23,24)16(21)22)14(27)13-9(19)4-3-5-10(13)20/h3-6,16H,1-2H3,(H3,25,26,28). The number of aryl methyl sites for hydroxylation is 1. The monoisotopic (exact) mass is 436 g/mol. The molecule has 0 atom stereocenters. The smallest absolute Gasteiger partial charge is 0.351 e. The van der Waals surface area contributed by atoms with Gasteiger partial charge >= 0.3 is 17.7 Å². The predicted molar refractivity (Wildman–Crippen MR) is 95.7 cm³/mol. The van der Waals surface area contributed by atoms with E-state index in [2.05, 4.69) is 5.32 Å². The third-order valence-electron chi connectivity index (χ3n) is 3.89. The minimum atomic E-state index is -4.58. The Kier molecular flexibility index (Phi) is 6.51. The highest BCUT2D eigenvalue weighted by Gasteiger charge is 2.44. The van der Waals surface area contributed by atoms with Gasteiger partial charge < -0.3 is 11.1 Å². The molecule has 0 bridgehead atoms. The first-order valence-corrected chi connectivity index (χ1v) is 8.72.